The van der Waals surface area contributed by atoms with Crippen LogP contribution in [0.3, 0.4) is 0 Å². The second kappa shape index (κ2) is 8.23. The Morgan fingerprint density at radius 1 is 1.33 bits per heavy atom. The summed E-state index contributed by atoms with van der Waals surface area (Å²) < 4.78 is 4.82. The first-order valence-electron chi connectivity index (χ1n) is 5.23. The summed E-state index contributed by atoms with van der Waals surface area (Å²) in [4.78, 5) is 21.2. The minimum Gasteiger partial charge on any atom is -0.481 e. The number of ether oxygens (including phenoxy) is 1. The lowest BCUT2D eigenvalue weighted by Gasteiger charge is -2.12. The van der Waals surface area contributed by atoms with E-state index in [1.807, 2.05) is 0 Å². The molecule has 15 heavy (non-hydrogen) atoms. The normalized spacial score (nSPS) is 12.1. The minimum atomic E-state index is -1.01. The SMILES string of the molecule is CCCCCC(N)OC(=O)CCC(=O)O. The lowest BCUT2D eigenvalue weighted by Crippen LogP contribution is -2.27. The molecule has 3 N–H and O–H groups in total. The highest BCUT2D eigenvalue weighted by Gasteiger charge is 2.10. The van der Waals surface area contributed by atoms with Crippen LogP contribution < -0.4 is 5.73 Å². The molecule has 0 aromatic rings. The molecule has 5 nitrogen and oxygen atoms in total. The van der Waals surface area contributed by atoms with E-state index in [9.17, 15) is 9.59 Å². The molecule has 0 fully saturated rings. The van der Waals surface area contributed by atoms with Gasteiger partial charge in [0.15, 0.2) is 6.23 Å². The molecular weight excluding hydrogens is 198 g/mol. The fourth-order valence-electron chi connectivity index (χ4n) is 1.09. The van der Waals surface area contributed by atoms with Crippen molar-refractivity contribution >= 4 is 11.9 Å². The Morgan fingerprint density at radius 3 is 2.53 bits per heavy atom. The van der Waals surface area contributed by atoms with Crippen molar-refractivity contribution < 1.29 is 19.4 Å². The predicted molar refractivity (Wildman–Crippen MR) is 55.1 cm³/mol. The van der Waals surface area contributed by atoms with E-state index >= 15 is 0 Å². The van der Waals surface area contributed by atoms with Crippen LogP contribution in [0, 0.1) is 0 Å². The van der Waals surface area contributed by atoms with Gasteiger partial charge in [-0.3, -0.25) is 15.3 Å². The zero-order chi connectivity index (χ0) is 11.7. The van der Waals surface area contributed by atoms with Crippen molar-refractivity contribution in [3.05, 3.63) is 0 Å². The van der Waals surface area contributed by atoms with E-state index in [4.69, 9.17) is 15.6 Å². The standard InChI is InChI=1S/C10H19NO4/c1-2-3-4-5-8(11)15-10(14)7-6-9(12)13/h8H,2-7,11H2,1H3,(H,12,13). The van der Waals surface area contributed by atoms with Crippen LogP contribution in [0.15, 0.2) is 0 Å². The molecule has 0 aromatic carbocycles. The monoisotopic (exact) mass is 217 g/mol. The van der Waals surface area contributed by atoms with Crippen LogP contribution in [-0.4, -0.2) is 23.3 Å². The molecule has 0 aromatic heterocycles. The molecule has 0 heterocycles. The van der Waals surface area contributed by atoms with Crippen molar-refractivity contribution in [1.82, 2.24) is 0 Å². The molecule has 0 aliphatic heterocycles. The predicted octanol–water partition coefficient (Wildman–Crippen LogP) is 1.26. The molecule has 0 rings (SSSR count). The average molecular weight is 217 g/mol. The van der Waals surface area contributed by atoms with E-state index in [0.29, 0.717) is 6.42 Å². The smallest absolute Gasteiger partial charge is 0.307 e. The molecule has 0 bridgehead atoms. The fourth-order valence-corrected chi connectivity index (χ4v) is 1.09. The maximum absolute atomic E-state index is 11.0. The van der Waals surface area contributed by atoms with E-state index in [1.165, 1.54) is 0 Å². The van der Waals surface area contributed by atoms with Crippen molar-refractivity contribution in [3.63, 3.8) is 0 Å². The molecule has 0 radical (unpaired) electrons. The summed E-state index contributed by atoms with van der Waals surface area (Å²) in [5.74, 6) is -1.55. The zero-order valence-electron chi connectivity index (χ0n) is 9.07. The number of carbonyl (C=O) groups excluding carboxylic acids is 1. The van der Waals surface area contributed by atoms with Crippen molar-refractivity contribution in [2.45, 2.75) is 51.7 Å². The summed E-state index contributed by atoms with van der Waals surface area (Å²) in [5.41, 5.74) is 5.53. The molecule has 1 unspecified atom stereocenters. The van der Waals surface area contributed by atoms with E-state index < -0.39 is 18.2 Å². The molecule has 88 valence electrons. The van der Waals surface area contributed by atoms with Gasteiger partial charge < -0.3 is 9.84 Å². The molecule has 0 amide bonds. The number of nitrogens with two attached hydrogens (primary N) is 1. The molecular formula is C10H19NO4. The highest BCUT2D eigenvalue weighted by molar-refractivity contribution is 5.76. The quantitative estimate of drug-likeness (QED) is 0.363. The van der Waals surface area contributed by atoms with Gasteiger partial charge >= 0.3 is 11.9 Å². The maximum atomic E-state index is 11.0. The second-order valence-corrected chi connectivity index (χ2v) is 3.42. The van der Waals surface area contributed by atoms with Gasteiger partial charge in [0.25, 0.3) is 0 Å². The molecule has 0 saturated heterocycles. The number of carbonyl (C=O) groups is 2. The molecule has 0 spiro atoms. The highest BCUT2D eigenvalue weighted by atomic mass is 16.6. The summed E-state index contributed by atoms with van der Waals surface area (Å²) in [5, 5.41) is 8.33. The summed E-state index contributed by atoms with van der Waals surface area (Å²) in [7, 11) is 0. The van der Waals surface area contributed by atoms with E-state index in [2.05, 4.69) is 6.92 Å². The number of carboxylic acids is 1. The van der Waals surface area contributed by atoms with Crippen LogP contribution in [-0.2, 0) is 14.3 Å². The summed E-state index contributed by atoms with van der Waals surface area (Å²) in [6, 6.07) is 0. The van der Waals surface area contributed by atoms with Gasteiger partial charge in [0.2, 0.25) is 0 Å². The van der Waals surface area contributed by atoms with Crippen LogP contribution in [0.5, 0.6) is 0 Å². The van der Waals surface area contributed by atoms with E-state index in [1.54, 1.807) is 0 Å². The van der Waals surface area contributed by atoms with Crippen LogP contribution in [0.4, 0.5) is 0 Å². The van der Waals surface area contributed by atoms with Crippen molar-refractivity contribution in [2.75, 3.05) is 0 Å². The van der Waals surface area contributed by atoms with Crippen LogP contribution in [0.25, 0.3) is 0 Å². The summed E-state index contributed by atoms with van der Waals surface area (Å²) in [6.07, 6.45) is 2.77. The Morgan fingerprint density at radius 2 is 2.00 bits per heavy atom. The van der Waals surface area contributed by atoms with Gasteiger partial charge in [-0.2, -0.15) is 0 Å². The van der Waals surface area contributed by atoms with Crippen molar-refractivity contribution in [1.29, 1.82) is 0 Å². The van der Waals surface area contributed by atoms with E-state index in [0.717, 1.165) is 19.3 Å². The third-order valence-corrected chi connectivity index (χ3v) is 1.92. The lowest BCUT2D eigenvalue weighted by molar-refractivity contribution is -0.152. The number of hydrogen-bond acceptors (Lipinski definition) is 4. The van der Waals surface area contributed by atoms with Crippen LogP contribution in [0.2, 0.25) is 0 Å². The Kier molecular flexibility index (Phi) is 7.62. The number of esters is 1. The molecule has 1 atom stereocenters. The van der Waals surface area contributed by atoms with Crippen molar-refractivity contribution in [3.8, 4) is 0 Å². The number of carboxylic acid groups (broad SMARTS) is 1. The van der Waals surface area contributed by atoms with Crippen molar-refractivity contribution in [2.24, 2.45) is 5.73 Å². The van der Waals surface area contributed by atoms with Gasteiger partial charge in [0.1, 0.15) is 0 Å². The average Bonchev–Trinajstić information content (AvgIpc) is 2.15. The Bertz CT molecular complexity index is 206. The summed E-state index contributed by atoms with van der Waals surface area (Å²) >= 11 is 0. The van der Waals surface area contributed by atoms with Gasteiger partial charge in [-0.1, -0.05) is 19.8 Å². The van der Waals surface area contributed by atoms with Gasteiger partial charge in [-0.25, -0.2) is 0 Å². The number of hydrogen-bond donors (Lipinski definition) is 2. The zero-order valence-corrected chi connectivity index (χ0v) is 9.07. The second-order valence-electron chi connectivity index (χ2n) is 3.42. The first-order chi connectivity index (χ1) is 7.06. The Hall–Kier alpha value is -1.10. The van der Waals surface area contributed by atoms with Gasteiger partial charge in [0.05, 0.1) is 12.8 Å². The third kappa shape index (κ3) is 9.21. The van der Waals surface area contributed by atoms with E-state index in [-0.39, 0.29) is 12.8 Å². The molecule has 5 heteroatoms. The van der Waals surface area contributed by atoms with Crippen LogP contribution in [0.1, 0.15) is 45.4 Å². The summed E-state index contributed by atoms with van der Waals surface area (Å²) in [6.45, 7) is 2.07. The number of unbranched alkanes of at least 4 members (excludes halogenated alkanes) is 2. The molecule has 0 aliphatic rings. The molecule has 0 saturated carbocycles. The lowest BCUT2D eigenvalue weighted by atomic mass is 10.2. The largest absolute Gasteiger partial charge is 0.481 e. The minimum absolute atomic E-state index is 0.114. The van der Waals surface area contributed by atoms with Gasteiger partial charge in [-0.15, -0.1) is 0 Å². The molecule has 0 aliphatic carbocycles. The van der Waals surface area contributed by atoms with Gasteiger partial charge in [0, 0.05) is 0 Å². The Balaban J connectivity index is 3.53. The maximum Gasteiger partial charge on any atom is 0.307 e. The first-order valence-corrected chi connectivity index (χ1v) is 5.23. The topological polar surface area (TPSA) is 89.6 Å². The number of rotatable bonds is 8. The fraction of sp³-hybridized carbons (Fsp3) is 0.800. The first kappa shape index (κ1) is 13.9. The van der Waals surface area contributed by atoms with Crippen LogP contribution >= 0.6 is 0 Å². The third-order valence-electron chi connectivity index (χ3n) is 1.92. The highest BCUT2D eigenvalue weighted by Crippen LogP contribution is 2.04. The Labute approximate surface area is 89.6 Å². The number of aliphatic carboxylic acids is 1. The van der Waals surface area contributed by atoms with Gasteiger partial charge in [-0.05, 0) is 12.8 Å².